The molecule has 1 aliphatic carbocycles. The quantitative estimate of drug-likeness (QED) is 0.926. The fraction of sp³-hybridized carbons (Fsp3) is 0.471. The van der Waals surface area contributed by atoms with Crippen molar-refractivity contribution in [1.29, 1.82) is 0 Å². The molecule has 0 radical (unpaired) electrons. The summed E-state index contributed by atoms with van der Waals surface area (Å²) in [6.07, 6.45) is 4.77. The minimum atomic E-state index is 0.686. The summed E-state index contributed by atoms with van der Waals surface area (Å²) in [5, 5.41) is 3.45. The molecular formula is C17H21N3. The lowest BCUT2D eigenvalue weighted by atomic mass is 10.1. The number of benzene rings is 1. The number of nitrogens with one attached hydrogen (secondary N) is 1. The van der Waals surface area contributed by atoms with E-state index in [1.165, 1.54) is 41.3 Å². The molecule has 0 atom stereocenters. The van der Waals surface area contributed by atoms with Crippen molar-refractivity contribution >= 4 is 0 Å². The minimum absolute atomic E-state index is 0.686. The lowest BCUT2D eigenvalue weighted by molar-refractivity contribution is 0.619. The molecule has 1 aromatic carbocycles. The molecule has 1 fully saturated rings. The lowest BCUT2D eigenvalue weighted by Gasteiger charge is -2.18. The molecule has 0 amide bonds. The van der Waals surface area contributed by atoms with Crippen LogP contribution in [0.15, 0.2) is 24.3 Å². The van der Waals surface area contributed by atoms with Crippen LogP contribution in [-0.4, -0.2) is 16.1 Å². The largest absolute Gasteiger partial charge is 0.311 e. The van der Waals surface area contributed by atoms with Crippen molar-refractivity contribution in [2.75, 3.05) is 6.54 Å². The van der Waals surface area contributed by atoms with Gasteiger partial charge in [0.05, 0.1) is 11.4 Å². The number of aryl methyl sites for hydroxylation is 1. The smallest absolute Gasteiger partial charge is 0.116 e. The lowest BCUT2D eigenvalue weighted by Crippen LogP contribution is -2.25. The van der Waals surface area contributed by atoms with Gasteiger partial charge in [0.15, 0.2) is 0 Å². The van der Waals surface area contributed by atoms with Gasteiger partial charge in [0, 0.05) is 31.1 Å². The second-order valence-electron chi connectivity index (χ2n) is 5.88. The van der Waals surface area contributed by atoms with Gasteiger partial charge in [-0.1, -0.05) is 25.1 Å². The van der Waals surface area contributed by atoms with E-state index in [1.54, 1.807) is 0 Å². The minimum Gasteiger partial charge on any atom is -0.311 e. The Kier molecular flexibility index (Phi) is 2.88. The van der Waals surface area contributed by atoms with Crippen LogP contribution in [0.2, 0.25) is 0 Å². The highest BCUT2D eigenvalue weighted by Gasteiger charge is 2.32. The fourth-order valence-corrected chi connectivity index (χ4v) is 3.24. The van der Waals surface area contributed by atoms with Gasteiger partial charge >= 0.3 is 0 Å². The summed E-state index contributed by atoms with van der Waals surface area (Å²) in [5.74, 6) is 1.99. The van der Waals surface area contributed by atoms with Crippen LogP contribution in [0.3, 0.4) is 0 Å². The van der Waals surface area contributed by atoms with E-state index in [0.717, 1.165) is 25.9 Å². The van der Waals surface area contributed by atoms with E-state index in [4.69, 9.17) is 4.98 Å². The molecule has 0 unspecified atom stereocenters. The molecule has 4 rings (SSSR count). The first-order chi connectivity index (χ1) is 9.88. The number of para-hydroxylation sites is 1. The molecule has 20 heavy (non-hydrogen) atoms. The summed E-state index contributed by atoms with van der Waals surface area (Å²) in [6, 6.07) is 8.80. The van der Waals surface area contributed by atoms with Crippen LogP contribution in [0.1, 0.15) is 48.5 Å². The molecule has 1 aromatic heterocycles. The van der Waals surface area contributed by atoms with Gasteiger partial charge in [-0.15, -0.1) is 0 Å². The molecular weight excluding hydrogens is 246 g/mol. The van der Waals surface area contributed by atoms with E-state index >= 15 is 0 Å². The summed E-state index contributed by atoms with van der Waals surface area (Å²) in [4.78, 5) is 4.96. The highest BCUT2D eigenvalue weighted by Crippen LogP contribution is 2.42. The zero-order valence-corrected chi connectivity index (χ0v) is 12.0. The van der Waals surface area contributed by atoms with Gasteiger partial charge in [-0.05, 0) is 30.9 Å². The highest BCUT2D eigenvalue weighted by atomic mass is 15.1. The molecule has 0 bridgehead atoms. The van der Waals surface area contributed by atoms with Crippen molar-refractivity contribution in [3.05, 3.63) is 47.0 Å². The average Bonchev–Trinajstić information content (AvgIpc) is 3.27. The fourth-order valence-electron chi connectivity index (χ4n) is 3.24. The number of hydrogen-bond donors (Lipinski definition) is 1. The van der Waals surface area contributed by atoms with Crippen LogP contribution in [-0.2, 0) is 19.4 Å². The maximum atomic E-state index is 4.96. The van der Waals surface area contributed by atoms with Gasteiger partial charge in [0.2, 0.25) is 0 Å². The van der Waals surface area contributed by atoms with E-state index in [1.807, 2.05) is 0 Å². The van der Waals surface area contributed by atoms with Crippen molar-refractivity contribution < 1.29 is 0 Å². The van der Waals surface area contributed by atoms with Crippen molar-refractivity contribution in [2.24, 2.45) is 0 Å². The first-order valence-corrected chi connectivity index (χ1v) is 7.78. The molecule has 3 nitrogen and oxygen atoms in total. The van der Waals surface area contributed by atoms with Crippen LogP contribution in [0.5, 0.6) is 0 Å². The molecule has 1 N–H and O–H groups in total. The first-order valence-electron chi connectivity index (χ1n) is 7.78. The zero-order chi connectivity index (χ0) is 13.5. The Morgan fingerprint density at radius 2 is 2.15 bits per heavy atom. The van der Waals surface area contributed by atoms with Gasteiger partial charge in [0.1, 0.15) is 5.82 Å². The molecule has 2 aliphatic rings. The maximum Gasteiger partial charge on any atom is 0.116 e. The van der Waals surface area contributed by atoms with Crippen LogP contribution >= 0.6 is 0 Å². The van der Waals surface area contributed by atoms with Crippen LogP contribution in [0, 0.1) is 0 Å². The number of hydrogen-bond acceptors (Lipinski definition) is 2. The molecule has 1 aliphatic heterocycles. The van der Waals surface area contributed by atoms with Gasteiger partial charge in [0.25, 0.3) is 0 Å². The third-order valence-electron chi connectivity index (χ3n) is 4.47. The van der Waals surface area contributed by atoms with Gasteiger partial charge in [-0.3, -0.25) is 4.57 Å². The standard InChI is InChI=1S/C17H21N3/c1-2-12-5-3-4-6-15(12)20-16-9-10-18-11-14(16)19-17(20)13-7-8-13/h3-6,13,18H,2,7-11H2,1H3. The van der Waals surface area contributed by atoms with E-state index in [-0.39, 0.29) is 0 Å². The number of fused-ring (bicyclic) bond motifs is 1. The molecule has 3 heteroatoms. The van der Waals surface area contributed by atoms with Crippen molar-refractivity contribution in [2.45, 2.75) is 45.1 Å². The summed E-state index contributed by atoms with van der Waals surface area (Å²) >= 11 is 0. The molecule has 2 heterocycles. The van der Waals surface area contributed by atoms with E-state index in [9.17, 15) is 0 Å². The predicted molar refractivity (Wildman–Crippen MR) is 80.3 cm³/mol. The van der Waals surface area contributed by atoms with Crippen molar-refractivity contribution in [3.8, 4) is 5.69 Å². The normalized spacial score (nSPS) is 18.1. The molecule has 2 aromatic rings. The molecule has 0 saturated heterocycles. The first kappa shape index (κ1) is 12.2. The molecule has 0 spiro atoms. The predicted octanol–water partition coefficient (Wildman–Crippen LogP) is 2.96. The summed E-state index contributed by atoms with van der Waals surface area (Å²) in [6.45, 7) is 4.23. The monoisotopic (exact) mass is 267 g/mol. The van der Waals surface area contributed by atoms with Gasteiger partial charge < -0.3 is 5.32 Å². The SMILES string of the molecule is CCc1ccccc1-n1c(C2CC2)nc2c1CCNC2. The van der Waals surface area contributed by atoms with Gasteiger partial charge in [-0.2, -0.15) is 0 Å². The second kappa shape index (κ2) is 4.74. The number of rotatable bonds is 3. The number of aromatic nitrogens is 2. The summed E-state index contributed by atoms with van der Waals surface area (Å²) in [7, 11) is 0. The third-order valence-corrected chi connectivity index (χ3v) is 4.47. The summed E-state index contributed by atoms with van der Waals surface area (Å²) < 4.78 is 2.48. The van der Waals surface area contributed by atoms with Crippen LogP contribution < -0.4 is 5.32 Å². The Morgan fingerprint density at radius 1 is 1.30 bits per heavy atom. The van der Waals surface area contributed by atoms with E-state index in [0.29, 0.717) is 5.92 Å². The molecule has 104 valence electrons. The Balaban J connectivity index is 1.93. The van der Waals surface area contributed by atoms with Gasteiger partial charge in [-0.25, -0.2) is 4.98 Å². The maximum absolute atomic E-state index is 4.96. The van der Waals surface area contributed by atoms with E-state index in [2.05, 4.69) is 41.1 Å². The van der Waals surface area contributed by atoms with E-state index < -0.39 is 0 Å². The average molecular weight is 267 g/mol. The summed E-state index contributed by atoms with van der Waals surface area (Å²) in [5.41, 5.74) is 5.48. The topological polar surface area (TPSA) is 29.9 Å². The third kappa shape index (κ3) is 1.88. The van der Waals surface area contributed by atoms with Crippen LogP contribution in [0.4, 0.5) is 0 Å². The Morgan fingerprint density at radius 3 is 2.95 bits per heavy atom. The Hall–Kier alpha value is -1.61. The Labute approximate surface area is 120 Å². The Bertz CT molecular complexity index is 638. The molecule has 1 saturated carbocycles. The van der Waals surface area contributed by atoms with Crippen molar-refractivity contribution in [1.82, 2.24) is 14.9 Å². The number of nitrogens with zero attached hydrogens (tertiary/aromatic N) is 2. The highest BCUT2D eigenvalue weighted by molar-refractivity contribution is 5.46. The van der Waals surface area contributed by atoms with Crippen molar-refractivity contribution in [3.63, 3.8) is 0 Å². The zero-order valence-electron chi connectivity index (χ0n) is 12.0. The number of imidazole rings is 1. The van der Waals surface area contributed by atoms with Crippen LogP contribution in [0.25, 0.3) is 5.69 Å². The second-order valence-corrected chi connectivity index (χ2v) is 5.88.